The van der Waals surface area contributed by atoms with Gasteiger partial charge in [-0.25, -0.2) is 0 Å². The van der Waals surface area contributed by atoms with Crippen LogP contribution in [0, 0.1) is 0 Å². The van der Waals surface area contributed by atoms with Crippen LogP contribution in [0.3, 0.4) is 0 Å². The summed E-state index contributed by atoms with van der Waals surface area (Å²) in [4.78, 5) is 0. The fourth-order valence-electron chi connectivity index (χ4n) is 1.83. The first-order valence-corrected chi connectivity index (χ1v) is 7.12. The molecular formula is C15H20F3NO2. The van der Waals surface area contributed by atoms with Crippen LogP contribution in [0.4, 0.5) is 13.2 Å². The third-order valence-electron chi connectivity index (χ3n) is 3.04. The first-order chi connectivity index (χ1) is 10.0. The second-order valence-electron chi connectivity index (χ2n) is 5.17. The third kappa shape index (κ3) is 7.34. The zero-order chi connectivity index (χ0) is 15.1. The summed E-state index contributed by atoms with van der Waals surface area (Å²) in [5.41, 5.74) is 1.15. The van der Waals surface area contributed by atoms with E-state index in [0.29, 0.717) is 19.1 Å². The summed E-state index contributed by atoms with van der Waals surface area (Å²) in [5, 5.41) is 3.42. The summed E-state index contributed by atoms with van der Waals surface area (Å²) in [5.74, 6) is 0.737. The predicted molar refractivity (Wildman–Crippen MR) is 73.3 cm³/mol. The Kier molecular flexibility index (Phi) is 5.87. The van der Waals surface area contributed by atoms with E-state index in [9.17, 15) is 13.2 Å². The molecule has 0 spiro atoms. The van der Waals surface area contributed by atoms with Crippen LogP contribution in [0.5, 0.6) is 5.75 Å². The topological polar surface area (TPSA) is 30.5 Å². The Hall–Kier alpha value is -1.27. The molecule has 0 saturated heterocycles. The van der Waals surface area contributed by atoms with E-state index in [1.54, 1.807) is 0 Å². The second-order valence-corrected chi connectivity index (χ2v) is 5.17. The van der Waals surface area contributed by atoms with Crippen molar-refractivity contribution >= 4 is 0 Å². The molecule has 2 rings (SSSR count). The molecule has 1 N–H and O–H groups in total. The molecule has 1 aliphatic carbocycles. The summed E-state index contributed by atoms with van der Waals surface area (Å²) in [7, 11) is 0. The van der Waals surface area contributed by atoms with E-state index < -0.39 is 12.8 Å². The van der Waals surface area contributed by atoms with Crippen molar-refractivity contribution in [2.45, 2.75) is 38.0 Å². The highest BCUT2D eigenvalue weighted by Crippen LogP contribution is 2.20. The molecule has 1 aliphatic rings. The van der Waals surface area contributed by atoms with Crippen LogP contribution in [-0.4, -0.2) is 32.0 Å². The van der Waals surface area contributed by atoms with Gasteiger partial charge < -0.3 is 14.8 Å². The standard InChI is InChI=1S/C15H20F3NO2/c16-15(17,18)11-20-7-2-8-21-14-4-1-3-12(9-14)10-19-13-5-6-13/h1,3-4,9,13,19H,2,5-8,10-11H2. The summed E-state index contributed by atoms with van der Waals surface area (Å²) in [6, 6.07) is 8.39. The Morgan fingerprint density at radius 1 is 1.19 bits per heavy atom. The van der Waals surface area contributed by atoms with Gasteiger partial charge >= 0.3 is 6.18 Å². The molecule has 1 fully saturated rings. The van der Waals surface area contributed by atoms with Gasteiger partial charge in [0, 0.05) is 19.0 Å². The number of nitrogens with one attached hydrogen (secondary N) is 1. The molecule has 3 nitrogen and oxygen atoms in total. The van der Waals surface area contributed by atoms with Crippen LogP contribution in [0.1, 0.15) is 24.8 Å². The molecule has 21 heavy (non-hydrogen) atoms. The molecule has 1 aromatic carbocycles. The zero-order valence-electron chi connectivity index (χ0n) is 11.8. The quantitative estimate of drug-likeness (QED) is 0.710. The molecule has 1 aromatic rings. The van der Waals surface area contributed by atoms with Crippen molar-refractivity contribution in [2.75, 3.05) is 19.8 Å². The summed E-state index contributed by atoms with van der Waals surface area (Å²) < 4.78 is 45.6. The normalized spacial score (nSPS) is 15.2. The lowest BCUT2D eigenvalue weighted by Gasteiger charge is -2.10. The Labute approximate surface area is 122 Å². The van der Waals surface area contributed by atoms with Crippen molar-refractivity contribution in [3.05, 3.63) is 29.8 Å². The van der Waals surface area contributed by atoms with E-state index in [1.807, 2.05) is 24.3 Å². The average molecular weight is 303 g/mol. The molecule has 1 saturated carbocycles. The molecule has 0 unspecified atom stereocenters. The fourth-order valence-corrected chi connectivity index (χ4v) is 1.83. The number of ether oxygens (including phenoxy) is 2. The molecule has 118 valence electrons. The molecule has 0 heterocycles. The van der Waals surface area contributed by atoms with Gasteiger partial charge in [-0.15, -0.1) is 0 Å². The SMILES string of the molecule is FC(F)(F)COCCCOc1cccc(CNC2CC2)c1. The maximum absolute atomic E-state index is 11.8. The number of halogens is 3. The maximum atomic E-state index is 11.8. The van der Waals surface area contributed by atoms with Crippen molar-refractivity contribution < 1.29 is 22.6 Å². The number of hydrogen-bond donors (Lipinski definition) is 1. The van der Waals surface area contributed by atoms with Crippen LogP contribution >= 0.6 is 0 Å². The molecule has 0 atom stereocenters. The number of hydrogen-bond acceptors (Lipinski definition) is 3. The van der Waals surface area contributed by atoms with Gasteiger partial charge in [0.05, 0.1) is 13.2 Å². The average Bonchev–Trinajstić information content (AvgIpc) is 3.24. The van der Waals surface area contributed by atoms with Gasteiger partial charge in [-0.2, -0.15) is 13.2 Å². The Morgan fingerprint density at radius 3 is 2.71 bits per heavy atom. The van der Waals surface area contributed by atoms with Crippen LogP contribution in [0.25, 0.3) is 0 Å². The lowest BCUT2D eigenvalue weighted by molar-refractivity contribution is -0.174. The Morgan fingerprint density at radius 2 is 2.00 bits per heavy atom. The highest BCUT2D eigenvalue weighted by Gasteiger charge is 2.27. The number of alkyl halides is 3. The molecule has 0 radical (unpaired) electrons. The van der Waals surface area contributed by atoms with E-state index in [1.165, 1.54) is 12.8 Å². The minimum absolute atomic E-state index is 0.0441. The van der Waals surface area contributed by atoms with Crippen molar-refractivity contribution in [2.24, 2.45) is 0 Å². The van der Waals surface area contributed by atoms with Crippen molar-refractivity contribution in [1.29, 1.82) is 0 Å². The van der Waals surface area contributed by atoms with Gasteiger partial charge in [-0.3, -0.25) is 0 Å². The van der Waals surface area contributed by atoms with Gasteiger partial charge in [0.2, 0.25) is 0 Å². The molecule has 0 bridgehead atoms. The first kappa shape index (κ1) is 16.1. The van der Waals surface area contributed by atoms with Gasteiger partial charge in [-0.05, 0) is 30.5 Å². The lowest BCUT2D eigenvalue weighted by atomic mass is 10.2. The number of rotatable bonds is 9. The van der Waals surface area contributed by atoms with E-state index in [-0.39, 0.29) is 6.61 Å². The largest absolute Gasteiger partial charge is 0.493 e. The summed E-state index contributed by atoms with van der Waals surface area (Å²) >= 11 is 0. The smallest absolute Gasteiger partial charge is 0.411 e. The van der Waals surface area contributed by atoms with Crippen molar-refractivity contribution in [1.82, 2.24) is 5.32 Å². The highest BCUT2D eigenvalue weighted by atomic mass is 19.4. The van der Waals surface area contributed by atoms with E-state index in [0.717, 1.165) is 17.9 Å². The van der Waals surface area contributed by atoms with Crippen LogP contribution < -0.4 is 10.1 Å². The van der Waals surface area contributed by atoms with Crippen LogP contribution in [-0.2, 0) is 11.3 Å². The minimum atomic E-state index is -4.26. The first-order valence-electron chi connectivity index (χ1n) is 7.12. The van der Waals surface area contributed by atoms with E-state index in [4.69, 9.17) is 4.74 Å². The van der Waals surface area contributed by atoms with Crippen LogP contribution in [0.15, 0.2) is 24.3 Å². The number of benzene rings is 1. The highest BCUT2D eigenvalue weighted by molar-refractivity contribution is 5.28. The third-order valence-corrected chi connectivity index (χ3v) is 3.04. The molecule has 0 aliphatic heterocycles. The Bertz CT molecular complexity index is 433. The maximum Gasteiger partial charge on any atom is 0.411 e. The van der Waals surface area contributed by atoms with E-state index in [2.05, 4.69) is 10.1 Å². The monoisotopic (exact) mass is 303 g/mol. The Balaban J connectivity index is 1.60. The van der Waals surface area contributed by atoms with Crippen LogP contribution in [0.2, 0.25) is 0 Å². The summed E-state index contributed by atoms with van der Waals surface area (Å²) in [6.45, 7) is 0.00564. The van der Waals surface area contributed by atoms with Gasteiger partial charge in [0.1, 0.15) is 12.4 Å². The van der Waals surface area contributed by atoms with Gasteiger partial charge in [-0.1, -0.05) is 12.1 Å². The van der Waals surface area contributed by atoms with Crippen molar-refractivity contribution in [3.63, 3.8) is 0 Å². The summed E-state index contributed by atoms with van der Waals surface area (Å²) in [6.07, 6.45) is -1.34. The van der Waals surface area contributed by atoms with Gasteiger partial charge in [0.15, 0.2) is 0 Å². The zero-order valence-corrected chi connectivity index (χ0v) is 11.8. The molecular weight excluding hydrogens is 283 g/mol. The minimum Gasteiger partial charge on any atom is -0.493 e. The fraction of sp³-hybridized carbons (Fsp3) is 0.600. The molecule has 0 amide bonds. The molecule has 6 heteroatoms. The van der Waals surface area contributed by atoms with E-state index >= 15 is 0 Å². The molecule has 0 aromatic heterocycles. The van der Waals surface area contributed by atoms with Gasteiger partial charge in [0.25, 0.3) is 0 Å². The second kappa shape index (κ2) is 7.66. The van der Waals surface area contributed by atoms with Crippen molar-refractivity contribution in [3.8, 4) is 5.75 Å². The lowest BCUT2D eigenvalue weighted by Crippen LogP contribution is -2.18. The predicted octanol–water partition coefficient (Wildman–Crippen LogP) is 3.29.